The molecule has 10 heteroatoms. The Morgan fingerprint density at radius 3 is 2.55 bits per heavy atom. The van der Waals surface area contributed by atoms with E-state index >= 15 is 0 Å². The maximum absolute atomic E-state index is 9.77. The lowest BCUT2D eigenvalue weighted by molar-refractivity contribution is -0.165. The van der Waals surface area contributed by atoms with Gasteiger partial charge in [-0.05, 0) is 51.9 Å². The number of likely N-dealkylation sites (tertiary alicyclic amines) is 1. The zero-order valence-electron chi connectivity index (χ0n) is 18.3. The van der Waals surface area contributed by atoms with Crippen molar-refractivity contribution in [1.82, 2.24) is 9.88 Å². The van der Waals surface area contributed by atoms with Gasteiger partial charge in [-0.3, -0.25) is 4.90 Å². The van der Waals surface area contributed by atoms with Crippen LogP contribution < -0.4 is 0 Å². The normalized spacial score (nSPS) is 23.7. The van der Waals surface area contributed by atoms with Crippen LogP contribution in [0.1, 0.15) is 23.5 Å². The third-order valence-electron chi connectivity index (χ3n) is 6.31. The van der Waals surface area contributed by atoms with Crippen LogP contribution >= 0.6 is 15.9 Å². The monoisotopic (exact) mass is 524 g/mol. The molecule has 0 radical (unpaired) electrons. The zero-order valence-corrected chi connectivity index (χ0v) is 19.9. The molecule has 5 atom stereocenters. The summed E-state index contributed by atoms with van der Waals surface area (Å²) in [6, 6.07) is 7.25. The number of halogens is 1. The van der Waals surface area contributed by atoms with E-state index in [1.165, 1.54) is 28.5 Å². The fraction of sp³-hybridized carbons (Fsp3) is 0.478. The van der Waals surface area contributed by atoms with Crippen molar-refractivity contribution in [3.63, 3.8) is 0 Å². The molecule has 2 aromatic rings. The zero-order chi connectivity index (χ0) is 24.3. The highest BCUT2D eigenvalue weighted by Gasteiger charge is 2.41. The van der Waals surface area contributed by atoms with E-state index in [1.807, 2.05) is 13.2 Å². The molecule has 5 N–H and O–H groups in total. The molecule has 1 aliphatic heterocycles. The van der Waals surface area contributed by atoms with E-state index in [4.69, 9.17) is 25.2 Å². The van der Waals surface area contributed by atoms with Crippen molar-refractivity contribution in [1.29, 1.82) is 0 Å². The lowest BCUT2D eigenvalue weighted by Crippen LogP contribution is -2.50. The molecule has 2 unspecified atom stereocenters. The molecule has 180 valence electrons. The summed E-state index contributed by atoms with van der Waals surface area (Å²) in [7, 11) is 1.81. The van der Waals surface area contributed by atoms with E-state index in [0.717, 1.165) is 30.7 Å². The van der Waals surface area contributed by atoms with Crippen LogP contribution in [-0.4, -0.2) is 87.3 Å². The number of benzene rings is 1. The first-order chi connectivity index (χ1) is 15.7. The number of H-pyrrole nitrogens is 1. The highest BCUT2D eigenvalue weighted by atomic mass is 79.9. The van der Waals surface area contributed by atoms with Crippen molar-refractivity contribution in [2.24, 2.45) is 5.92 Å². The molecule has 1 fully saturated rings. The minimum absolute atomic E-state index is 0.561. The Hall–Kier alpha value is -2.24. The van der Waals surface area contributed by atoms with Crippen molar-refractivity contribution in [3.05, 3.63) is 46.6 Å². The minimum atomic E-state index is -2.27. The number of fused-ring (bicyclic) bond motifs is 2. The fourth-order valence-electron chi connectivity index (χ4n) is 4.94. The number of aliphatic hydroxyl groups is 2. The lowest BCUT2D eigenvalue weighted by Gasteiger charge is -2.46. The summed E-state index contributed by atoms with van der Waals surface area (Å²) in [5, 5.41) is 34.0. The number of aliphatic hydroxyl groups excluding tert-OH is 2. The van der Waals surface area contributed by atoms with Gasteiger partial charge >= 0.3 is 11.9 Å². The quantitative estimate of drug-likeness (QED) is 0.346. The van der Waals surface area contributed by atoms with E-state index in [0.29, 0.717) is 17.9 Å². The van der Waals surface area contributed by atoms with Crippen LogP contribution in [0.15, 0.2) is 35.5 Å². The molecular weight excluding hydrogens is 496 g/mol. The van der Waals surface area contributed by atoms with Crippen LogP contribution in [0.5, 0.6) is 0 Å². The highest BCUT2D eigenvalue weighted by molar-refractivity contribution is 9.10. The van der Waals surface area contributed by atoms with Gasteiger partial charge in [0.05, 0.1) is 11.2 Å². The molecule has 0 spiro atoms. The number of aromatic amines is 1. The molecule has 4 rings (SSSR count). The van der Waals surface area contributed by atoms with Gasteiger partial charge in [0.15, 0.2) is 12.2 Å². The third kappa shape index (κ3) is 5.30. The maximum atomic E-state index is 9.77. The standard InChI is InChI=1S/C19H23BrN2O.C4H6O6/c1-3-7-22-10-12(11-23-2)8-14-13-5-4-6-16-18(13)15(9-17(14)22)19(20)21-16;5-1(3(7)8)2(6)4(9)10/h3-6,12,14,17,21H,1,7-11H2,2H3;1-2,5-6H,(H,7,8)(H,9,10)/t12-,14-,17-;/m1./s1. The van der Waals surface area contributed by atoms with Gasteiger partial charge in [-0.2, -0.15) is 0 Å². The predicted octanol–water partition coefficient (Wildman–Crippen LogP) is 1.97. The number of aromatic nitrogens is 1. The summed E-state index contributed by atoms with van der Waals surface area (Å²) in [6.07, 6.45) is -0.173. The summed E-state index contributed by atoms with van der Waals surface area (Å²) >= 11 is 3.74. The maximum Gasteiger partial charge on any atom is 0.335 e. The highest BCUT2D eigenvalue weighted by Crippen LogP contribution is 2.46. The first kappa shape index (κ1) is 25.4. The topological polar surface area (TPSA) is 143 Å². The molecule has 9 nitrogen and oxygen atoms in total. The van der Waals surface area contributed by atoms with Gasteiger partial charge in [0.2, 0.25) is 0 Å². The molecule has 1 saturated heterocycles. The van der Waals surface area contributed by atoms with Crippen molar-refractivity contribution in [2.75, 3.05) is 26.8 Å². The first-order valence-corrected chi connectivity index (χ1v) is 11.4. The van der Waals surface area contributed by atoms with Gasteiger partial charge in [-0.25, -0.2) is 9.59 Å². The van der Waals surface area contributed by atoms with Crippen molar-refractivity contribution >= 4 is 38.8 Å². The number of hydrogen-bond acceptors (Lipinski definition) is 6. The summed E-state index contributed by atoms with van der Waals surface area (Å²) < 4.78 is 6.62. The van der Waals surface area contributed by atoms with Gasteiger partial charge in [0, 0.05) is 43.1 Å². The van der Waals surface area contributed by atoms with Gasteiger partial charge in [0.25, 0.3) is 0 Å². The summed E-state index contributed by atoms with van der Waals surface area (Å²) in [5.41, 5.74) is 4.20. The summed E-state index contributed by atoms with van der Waals surface area (Å²) in [4.78, 5) is 25.7. The van der Waals surface area contributed by atoms with Gasteiger partial charge in [-0.15, -0.1) is 6.58 Å². The van der Waals surface area contributed by atoms with Gasteiger partial charge < -0.3 is 30.1 Å². The van der Waals surface area contributed by atoms with Gasteiger partial charge in [-0.1, -0.05) is 18.2 Å². The number of carboxylic acids is 2. The number of rotatable bonds is 7. The lowest BCUT2D eigenvalue weighted by atomic mass is 9.72. The average Bonchev–Trinajstić information content (AvgIpc) is 3.10. The van der Waals surface area contributed by atoms with E-state index in [1.54, 1.807) is 0 Å². The van der Waals surface area contributed by atoms with Crippen LogP contribution in [0.4, 0.5) is 0 Å². The SMILES string of the molecule is C=CCN1C[C@H](COC)C[C@@H]2c3cccc4[nH]c(Br)c(c34)C[C@H]21.O=C(O)C(O)C(O)C(=O)O. The minimum Gasteiger partial charge on any atom is -0.479 e. The molecule has 1 aliphatic carbocycles. The van der Waals surface area contributed by atoms with Crippen molar-refractivity contribution in [2.45, 2.75) is 37.0 Å². The Labute approximate surface area is 199 Å². The van der Waals surface area contributed by atoms with E-state index in [-0.39, 0.29) is 0 Å². The number of methoxy groups -OCH3 is 1. The second-order valence-electron chi connectivity index (χ2n) is 8.43. The first-order valence-electron chi connectivity index (χ1n) is 10.6. The molecule has 0 bridgehead atoms. The number of carbonyl (C=O) groups is 2. The molecule has 1 aromatic heterocycles. The Kier molecular flexibility index (Phi) is 8.30. The number of aliphatic carboxylic acids is 2. The Morgan fingerprint density at radius 2 is 1.97 bits per heavy atom. The number of nitrogens with zero attached hydrogens (tertiary/aromatic N) is 1. The number of hydrogen-bond donors (Lipinski definition) is 5. The second-order valence-corrected chi connectivity index (χ2v) is 9.22. The average molecular weight is 525 g/mol. The molecule has 1 aromatic carbocycles. The van der Waals surface area contributed by atoms with Crippen LogP contribution in [0.25, 0.3) is 10.9 Å². The van der Waals surface area contributed by atoms with Crippen LogP contribution in [0.3, 0.4) is 0 Å². The number of carboxylic acid groups (broad SMARTS) is 2. The second kappa shape index (κ2) is 10.8. The molecule has 2 aliphatic rings. The molecule has 33 heavy (non-hydrogen) atoms. The van der Waals surface area contributed by atoms with Gasteiger partial charge in [0.1, 0.15) is 0 Å². The van der Waals surface area contributed by atoms with Crippen LogP contribution in [0.2, 0.25) is 0 Å². The number of ether oxygens (including phenoxy) is 1. The molecule has 2 heterocycles. The van der Waals surface area contributed by atoms with E-state index in [2.05, 4.69) is 50.6 Å². The Bertz CT molecular complexity index is 1010. The van der Waals surface area contributed by atoms with E-state index < -0.39 is 24.1 Å². The van der Waals surface area contributed by atoms with Crippen LogP contribution in [0, 0.1) is 5.92 Å². The van der Waals surface area contributed by atoms with E-state index in [9.17, 15) is 9.59 Å². The third-order valence-corrected chi connectivity index (χ3v) is 6.98. The smallest absolute Gasteiger partial charge is 0.335 e. The Balaban J connectivity index is 0.000000262. The van der Waals surface area contributed by atoms with Crippen molar-refractivity contribution < 1.29 is 34.8 Å². The predicted molar refractivity (Wildman–Crippen MR) is 125 cm³/mol. The molecule has 0 amide bonds. The number of nitrogens with one attached hydrogen (secondary N) is 1. The van der Waals surface area contributed by atoms with Crippen LogP contribution in [-0.2, 0) is 20.7 Å². The summed E-state index contributed by atoms with van der Waals surface area (Å²) in [5.74, 6) is -2.35. The number of piperidine rings is 1. The fourth-order valence-corrected chi connectivity index (χ4v) is 5.52. The molecule has 0 saturated carbocycles. The largest absolute Gasteiger partial charge is 0.479 e. The molecular formula is C23H29BrN2O7. The summed E-state index contributed by atoms with van der Waals surface area (Å²) in [6.45, 7) is 6.87. The Morgan fingerprint density at radius 1 is 1.30 bits per heavy atom. The van der Waals surface area contributed by atoms with Crippen molar-refractivity contribution in [3.8, 4) is 0 Å².